The summed E-state index contributed by atoms with van der Waals surface area (Å²) in [6.07, 6.45) is -1.07. The Morgan fingerprint density at radius 2 is 1.81 bits per heavy atom. The molecule has 4 rings (SSSR count). The van der Waals surface area contributed by atoms with E-state index in [-0.39, 0.29) is 11.7 Å². The molecule has 0 aliphatic carbocycles. The van der Waals surface area contributed by atoms with Crippen molar-refractivity contribution in [2.75, 3.05) is 44.7 Å². The molecule has 0 saturated carbocycles. The van der Waals surface area contributed by atoms with Gasteiger partial charge in [-0.2, -0.15) is 18.3 Å². The Balaban J connectivity index is 1.56. The number of carbonyl (C=O) groups is 1. The van der Waals surface area contributed by atoms with Gasteiger partial charge in [0.05, 0.1) is 12.2 Å². The fraction of sp³-hybridized carbons (Fsp3) is 0.407. The summed E-state index contributed by atoms with van der Waals surface area (Å²) in [6, 6.07) is 10.3. The van der Waals surface area contributed by atoms with Crippen LogP contribution in [-0.4, -0.2) is 66.6 Å². The number of benzene rings is 2. The maximum absolute atomic E-state index is 13.3. The normalized spacial score (nSPS) is 15.5. The van der Waals surface area contributed by atoms with E-state index < -0.39 is 18.8 Å². The SMILES string of the molecule is Cc1ccc(N2CCN(C)CC2)cc1C(=O)N[C@H](C)c1cc(OCC(F)(F)F)cc(-c2cnn(C)c2)c1. The van der Waals surface area contributed by atoms with Gasteiger partial charge in [-0.25, -0.2) is 0 Å². The Hall–Kier alpha value is -3.53. The number of aromatic nitrogens is 2. The molecule has 37 heavy (non-hydrogen) atoms. The van der Waals surface area contributed by atoms with E-state index in [1.807, 2.05) is 31.2 Å². The van der Waals surface area contributed by atoms with E-state index in [4.69, 9.17) is 4.74 Å². The third kappa shape index (κ3) is 6.82. The highest BCUT2D eigenvalue weighted by Crippen LogP contribution is 2.30. The van der Waals surface area contributed by atoms with Crippen LogP contribution in [0.4, 0.5) is 18.9 Å². The van der Waals surface area contributed by atoms with Gasteiger partial charge in [0.25, 0.3) is 5.91 Å². The zero-order chi connectivity index (χ0) is 26.7. The van der Waals surface area contributed by atoms with Crippen LogP contribution in [0.1, 0.15) is 34.5 Å². The van der Waals surface area contributed by atoms with Crippen molar-refractivity contribution >= 4 is 11.6 Å². The number of carbonyl (C=O) groups excluding carboxylic acids is 1. The fourth-order valence-electron chi connectivity index (χ4n) is 4.33. The lowest BCUT2D eigenvalue weighted by Gasteiger charge is -2.34. The number of anilines is 1. The number of aryl methyl sites for hydroxylation is 2. The third-order valence-corrected chi connectivity index (χ3v) is 6.55. The minimum Gasteiger partial charge on any atom is -0.484 e. The molecule has 0 unspecified atom stereocenters. The molecule has 1 N–H and O–H groups in total. The third-order valence-electron chi connectivity index (χ3n) is 6.55. The van der Waals surface area contributed by atoms with Crippen molar-refractivity contribution in [2.45, 2.75) is 26.1 Å². The lowest BCUT2D eigenvalue weighted by molar-refractivity contribution is -0.153. The average Bonchev–Trinajstić information content (AvgIpc) is 3.29. The Morgan fingerprint density at radius 1 is 1.08 bits per heavy atom. The first-order valence-corrected chi connectivity index (χ1v) is 12.2. The summed E-state index contributed by atoms with van der Waals surface area (Å²) in [7, 11) is 3.85. The molecule has 1 atom stereocenters. The topological polar surface area (TPSA) is 62.6 Å². The van der Waals surface area contributed by atoms with Crippen LogP contribution in [0, 0.1) is 6.92 Å². The Morgan fingerprint density at radius 3 is 2.46 bits per heavy atom. The Labute approximate surface area is 214 Å². The van der Waals surface area contributed by atoms with Crippen molar-refractivity contribution in [3.05, 3.63) is 65.5 Å². The van der Waals surface area contributed by atoms with E-state index >= 15 is 0 Å². The minimum atomic E-state index is -4.46. The maximum atomic E-state index is 13.3. The standard InChI is InChI=1S/C27H32F3N5O2/c1-18-5-6-23(35-9-7-33(3)8-10-35)14-25(18)26(36)32-19(2)20-11-21(22-15-31-34(4)16-22)13-24(12-20)37-17-27(28,29)30/h5-6,11-16,19H,7-10,17H2,1-4H3,(H,32,36)/t19-/m1/s1. The van der Waals surface area contributed by atoms with E-state index in [1.54, 1.807) is 37.1 Å². The highest BCUT2D eigenvalue weighted by Gasteiger charge is 2.28. The summed E-state index contributed by atoms with van der Waals surface area (Å²) in [4.78, 5) is 17.8. The van der Waals surface area contributed by atoms with Gasteiger partial charge in [-0.15, -0.1) is 0 Å². The maximum Gasteiger partial charge on any atom is 0.422 e. The average molecular weight is 516 g/mol. The summed E-state index contributed by atoms with van der Waals surface area (Å²) in [5.41, 5.74) is 4.42. The summed E-state index contributed by atoms with van der Waals surface area (Å²) >= 11 is 0. The van der Waals surface area contributed by atoms with Crippen LogP contribution in [0.5, 0.6) is 5.75 Å². The van der Waals surface area contributed by atoms with Gasteiger partial charge in [0, 0.05) is 56.2 Å². The van der Waals surface area contributed by atoms with Crippen molar-refractivity contribution in [1.29, 1.82) is 0 Å². The first-order chi connectivity index (χ1) is 17.5. The molecule has 0 spiro atoms. The van der Waals surface area contributed by atoms with E-state index in [1.165, 1.54) is 6.07 Å². The van der Waals surface area contributed by atoms with Crippen molar-refractivity contribution < 1.29 is 22.7 Å². The first kappa shape index (κ1) is 26.5. The molecular formula is C27H32F3N5O2. The van der Waals surface area contributed by atoms with Crippen LogP contribution in [0.25, 0.3) is 11.1 Å². The van der Waals surface area contributed by atoms with Gasteiger partial charge in [0.1, 0.15) is 5.75 Å². The van der Waals surface area contributed by atoms with Crippen LogP contribution in [-0.2, 0) is 7.05 Å². The molecule has 1 saturated heterocycles. The van der Waals surface area contributed by atoms with Crippen molar-refractivity contribution in [2.24, 2.45) is 7.05 Å². The minimum absolute atomic E-state index is 0.0722. The largest absolute Gasteiger partial charge is 0.484 e. The quantitative estimate of drug-likeness (QED) is 0.499. The van der Waals surface area contributed by atoms with E-state index in [0.29, 0.717) is 16.7 Å². The fourth-order valence-corrected chi connectivity index (χ4v) is 4.33. The van der Waals surface area contributed by atoms with E-state index in [0.717, 1.165) is 43.0 Å². The second kappa shape index (κ2) is 10.8. The van der Waals surface area contributed by atoms with E-state index in [9.17, 15) is 18.0 Å². The van der Waals surface area contributed by atoms with E-state index in [2.05, 4.69) is 27.3 Å². The molecule has 1 amide bonds. The number of alkyl halides is 3. The van der Waals surface area contributed by atoms with Gasteiger partial charge < -0.3 is 19.9 Å². The Bertz CT molecular complexity index is 1250. The summed E-state index contributed by atoms with van der Waals surface area (Å²) in [5, 5.41) is 7.16. The molecule has 2 heterocycles. The highest BCUT2D eigenvalue weighted by atomic mass is 19.4. The predicted molar refractivity (Wildman–Crippen MR) is 137 cm³/mol. The van der Waals surface area contributed by atoms with Crippen molar-refractivity contribution in [3.8, 4) is 16.9 Å². The highest BCUT2D eigenvalue weighted by molar-refractivity contribution is 5.97. The van der Waals surface area contributed by atoms with Crippen molar-refractivity contribution in [3.63, 3.8) is 0 Å². The number of nitrogens with zero attached hydrogens (tertiary/aromatic N) is 4. The molecule has 10 heteroatoms. The molecule has 0 radical (unpaired) electrons. The van der Waals surface area contributed by atoms with Crippen LogP contribution >= 0.6 is 0 Å². The number of halogens is 3. The first-order valence-electron chi connectivity index (χ1n) is 12.2. The van der Waals surface area contributed by atoms with Gasteiger partial charge >= 0.3 is 6.18 Å². The number of piperazine rings is 1. The monoisotopic (exact) mass is 515 g/mol. The van der Waals surface area contributed by atoms with Crippen molar-refractivity contribution in [1.82, 2.24) is 20.0 Å². The number of nitrogens with one attached hydrogen (secondary N) is 1. The molecule has 7 nitrogen and oxygen atoms in total. The molecule has 3 aromatic rings. The lowest BCUT2D eigenvalue weighted by Crippen LogP contribution is -2.44. The number of rotatable bonds is 7. The van der Waals surface area contributed by atoms with Crippen LogP contribution < -0.4 is 15.0 Å². The molecular weight excluding hydrogens is 483 g/mol. The molecule has 1 fully saturated rings. The van der Waals surface area contributed by atoms with Crippen LogP contribution in [0.15, 0.2) is 48.8 Å². The van der Waals surface area contributed by atoms with Gasteiger partial charge in [-0.3, -0.25) is 9.48 Å². The second-order valence-corrected chi connectivity index (χ2v) is 9.58. The zero-order valence-corrected chi connectivity index (χ0v) is 21.5. The van der Waals surface area contributed by atoms with Gasteiger partial charge in [0.2, 0.25) is 0 Å². The molecule has 2 aromatic carbocycles. The number of amides is 1. The van der Waals surface area contributed by atoms with Gasteiger partial charge in [-0.05, 0) is 67.9 Å². The number of hydrogen-bond acceptors (Lipinski definition) is 5. The zero-order valence-electron chi connectivity index (χ0n) is 21.5. The van der Waals surface area contributed by atoms with Crippen LogP contribution in [0.3, 0.4) is 0 Å². The molecule has 198 valence electrons. The smallest absolute Gasteiger partial charge is 0.422 e. The predicted octanol–water partition coefficient (Wildman–Crippen LogP) is 4.58. The molecule has 1 aliphatic rings. The second-order valence-electron chi connectivity index (χ2n) is 9.58. The molecule has 1 aromatic heterocycles. The summed E-state index contributed by atoms with van der Waals surface area (Å²) in [6.45, 7) is 5.98. The molecule has 1 aliphatic heterocycles. The summed E-state index contributed by atoms with van der Waals surface area (Å²) < 4.78 is 45.1. The van der Waals surface area contributed by atoms with Gasteiger partial charge in [-0.1, -0.05) is 6.07 Å². The number of hydrogen-bond donors (Lipinski definition) is 1. The number of likely N-dealkylation sites (N-methyl/N-ethyl adjacent to an activating group) is 1. The Kier molecular flexibility index (Phi) is 7.77. The lowest BCUT2D eigenvalue weighted by atomic mass is 10.0. The van der Waals surface area contributed by atoms with Crippen LogP contribution in [0.2, 0.25) is 0 Å². The summed E-state index contributed by atoms with van der Waals surface area (Å²) in [5.74, 6) is -0.173. The number of ether oxygens (including phenoxy) is 1. The molecule has 0 bridgehead atoms. The van der Waals surface area contributed by atoms with Gasteiger partial charge in [0.15, 0.2) is 6.61 Å².